The highest BCUT2D eigenvalue weighted by atomic mass is 16.1. The first-order valence-corrected chi connectivity index (χ1v) is 10.9. The molecule has 1 aromatic carbocycles. The highest BCUT2D eigenvalue weighted by Crippen LogP contribution is 2.38. The normalized spacial score (nSPS) is 18.2. The van der Waals surface area contributed by atoms with E-state index in [1.165, 1.54) is 24.1 Å². The van der Waals surface area contributed by atoms with Crippen LogP contribution in [-0.2, 0) is 11.3 Å². The average molecular weight is 403 g/mol. The lowest BCUT2D eigenvalue weighted by Crippen LogP contribution is -2.44. The van der Waals surface area contributed by atoms with Crippen LogP contribution in [0.5, 0.6) is 0 Å². The molecule has 156 valence electrons. The molecule has 0 radical (unpaired) electrons. The number of nitriles is 1. The molecule has 1 saturated heterocycles. The Morgan fingerprint density at radius 2 is 1.87 bits per heavy atom. The van der Waals surface area contributed by atoms with Crippen molar-refractivity contribution in [2.45, 2.75) is 58.2 Å². The monoisotopic (exact) mass is 402 g/mol. The Labute approximate surface area is 179 Å². The van der Waals surface area contributed by atoms with E-state index in [-0.39, 0.29) is 17.5 Å². The van der Waals surface area contributed by atoms with Gasteiger partial charge in [-0.05, 0) is 62.8 Å². The molecule has 0 spiro atoms. The maximum Gasteiger partial charge on any atom is 0.262 e. The fraction of sp³-hybridized carbons (Fsp3) is 0.440. The fourth-order valence-corrected chi connectivity index (χ4v) is 4.49. The molecule has 5 heteroatoms. The number of rotatable bonds is 6. The number of carbonyl (C=O) groups is 1. The maximum atomic E-state index is 12.7. The molecule has 5 nitrogen and oxygen atoms in total. The summed E-state index contributed by atoms with van der Waals surface area (Å²) in [4.78, 5) is 15.2. The van der Waals surface area contributed by atoms with Crippen LogP contribution in [0, 0.1) is 25.2 Å². The van der Waals surface area contributed by atoms with Crippen molar-refractivity contribution < 1.29 is 4.79 Å². The van der Waals surface area contributed by atoms with Crippen molar-refractivity contribution in [2.24, 2.45) is 0 Å². The zero-order chi connectivity index (χ0) is 21.1. The number of hydrogen-bond donors (Lipinski definition) is 1. The Bertz CT molecular complexity index is 971. The summed E-state index contributed by atoms with van der Waals surface area (Å²) in [6, 6.07) is 15.4. The molecule has 30 heavy (non-hydrogen) atoms. The molecule has 0 bridgehead atoms. The van der Waals surface area contributed by atoms with E-state index < -0.39 is 0 Å². The lowest BCUT2D eigenvalue weighted by Gasteiger charge is -2.32. The van der Waals surface area contributed by atoms with Crippen LogP contribution in [0.25, 0.3) is 6.08 Å². The predicted octanol–water partition coefficient (Wildman–Crippen LogP) is 4.13. The van der Waals surface area contributed by atoms with Crippen molar-refractivity contribution in [3.63, 3.8) is 0 Å². The van der Waals surface area contributed by atoms with Gasteiger partial charge in [0.2, 0.25) is 0 Å². The molecule has 1 N–H and O–H groups in total. The summed E-state index contributed by atoms with van der Waals surface area (Å²) in [5.74, 6) is -0.254. The number of nitrogens with zero attached hydrogens (tertiary/aromatic N) is 3. The molecule has 1 aromatic heterocycles. The van der Waals surface area contributed by atoms with Crippen molar-refractivity contribution in [1.29, 1.82) is 5.26 Å². The molecule has 1 aliphatic carbocycles. The van der Waals surface area contributed by atoms with E-state index in [1.807, 2.05) is 6.07 Å². The highest BCUT2D eigenvalue weighted by molar-refractivity contribution is 6.02. The van der Waals surface area contributed by atoms with Crippen molar-refractivity contribution in [3.05, 3.63) is 64.5 Å². The van der Waals surface area contributed by atoms with Gasteiger partial charge in [0.15, 0.2) is 0 Å². The zero-order valence-electron chi connectivity index (χ0n) is 17.9. The van der Waals surface area contributed by atoms with Gasteiger partial charge in [0, 0.05) is 43.1 Å². The average Bonchev–Trinajstić information content (AvgIpc) is 3.54. The number of nitrogens with one attached hydrogen (secondary N) is 1. The van der Waals surface area contributed by atoms with Crippen molar-refractivity contribution in [3.8, 4) is 6.07 Å². The Kier molecular flexibility index (Phi) is 6.06. The number of aromatic nitrogens is 1. The second kappa shape index (κ2) is 8.89. The van der Waals surface area contributed by atoms with Crippen molar-refractivity contribution in [2.75, 3.05) is 13.1 Å². The maximum absolute atomic E-state index is 12.7. The van der Waals surface area contributed by atoms with Gasteiger partial charge in [-0.3, -0.25) is 9.69 Å². The van der Waals surface area contributed by atoms with Gasteiger partial charge in [-0.1, -0.05) is 30.3 Å². The number of amides is 1. The third kappa shape index (κ3) is 4.66. The van der Waals surface area contributed by atoms with Gasteiger partial charge in [-0.15, -0.1) is 0 Å². The van der Waals surface area contributed by atoms with Gasteiger partial charge in [-0.2, -0.15) is 5.26 Å². The molecular weight excluding hydrogens is 372 g/mol. The van der Waals surface area contributed by atoms with Gasteiger partial charge in [0.25, 0.3) is 5.91 Å². The predicted molar refractivity (Wildman–Crippen MR) is 119 cm³/mol. The van der Waals surface area contributed by atoms with Gasteiger partial charge in [-0.25, -0.2) is 0 Å². The standard InChI is InChI=1S/C25H30N4O/c1-18-14-21(19(2)29(18)24-8-9-24)15-22(16-26)25(30)27-23-10-12-28(13-11-23)17-20-6-4-3-5-7-20/h3-7,14-15,23-24H,8-13,17H2,1-2H3,(H,27,30)/b22-15+. The van der Waals surface area contributed by atoms with Crippen LogP contribution < -0.4 is 5.32 Å². The van der Waals surface area contributed by atoms with E-state index in [4.69, 9.17) is 0 Å². The minimum absolute atomic E-state index is 0.125. The van der Waals surface area contributed by atoms with Crippen LogP contribution in [-0.4, -0.2) is 34.5 Å². The molecule has 2 heterocycles. The Balaban J connectivity index is 1.35. The van der Waals surface area contributed by atoms with E-state index in [0.29, 0.717) is 6.04 Å². The number of likely N-dealkylation sites (tertiary alicyclic amines) is 1. The topological polar surface area (TPSA) is 61.1 Å². The molecule has 2 fully saturated rings. The van der Waals surface area contributed by atoms with Crippen LogP contribution in [0.15, 0.2) is 42.0 Å². The van der Waals surface area contributed by atoms with Gasteiger partial charge in [0.05, 0.1) is 0 Å². The molecule has 2 aromatic rings. The van der Waals surface area contributed by atoms with E-state index >= 15 is 0 Å². The molecular formula is C25H30N4O. The summed E-state index contributed by atoms with van der Waals surface area (Å²) >= 11 is 0. The van der Waals surface area contributed by atoms with Crippen LogP contribution >= 0.6 is 0 Å². The van der Waals surface area contributed by atoms with Gasteiger partial charge in [0.1, 0.15) is 11.6 Å². The third-order valence-electron chi connectivity index (χ3n) is 6.27. The van der Waals surface area contributed by atoms with E-state index in [9.17, 15) is 10.1 Å². The Morgan fingerprint density at radius 1 is 1.17 bits per heavy atom. The highest BCUT2D eigenvalue weighted by Gasteiger charge is 2.27. The van der Waals surface area contributed by atoms with Crippen LogP contribution in [0.1, 0.15) is 54.2 Å². The smallest absolute Gasteiger partial charge is 0.262 e. The second-order valence-corrected chi connectivity index (χ2v) is 8.61. The van der Waals surface area contributed by atoms with Gasteiger partial charge < -0.3 is 9.88 Å². The first-order chi connectivity index (χ1) is 14.5. The molecule has 4 rings (SSSR count). The summed E-state index contributed by atoms with van der Waals surface area (Å²) in [7, 11) is 0. The van der Waals surface area contributed by atoms with E-state index in [2.05, 4.69) is 65.0 Å². The molecule has 0 unspecified atom stereocenters. The lowest BCUT2D eigenvalue weighted by molar-refractivity contribution is -0.118. The minimum Gasteiger partial charge on any atom is -0.349 e. The Hall–Kier alpha value is -2.84. The summed E-state index contributed by atoms with van der Waals surface area (Å²) in [6.07, 6.45) is 6.00. The lowest BCUT2D eigenvalue weighted by atomic mass is 10.0. The number of aryl methyl sites for hydroxylation is 1. The molecule has 1 amide bonds. The summed E-state index contributed by atoms with van der Waals surface area (Å²) in [5.41, 5.74) is 4.83. The summed E-state index contributed by atoms with van der Waals surface area (Å²) in [6.45, 7) is 7.02. The first kappa shape index (κ1) is 20.4. The largest absolute Gasteiger partial charge is 0.349 e. The van der Waals surface area contributed by atoms with Crippen LogP contribution in [0.4, 0.5) is 0 Å². The molecule has 0 atom stereocenters. The third-order valence-corrected chi connectivity index (χ3v) is 6.27. The van der Waals surface area contributed by atoms with Crippen LogP contribution in [0.2, 0.25) is 0 Å². The zero-order valence-corrected chi connectivity index (χ0v) is 17.9. The van der Waals surface area contributed by atoms with Crippen molar-refractivity contribution in [1.82, 2.24) is 14.8 Å². The number of hydrogen-bond acceptors (Lipinski definition) is 3. The van der Waals surface area contributed by atoms with Crippen molar-refractivity contribution >= 4 is 12.0 Å². The second-order valence-electron chi connectivity index (χ2n) is 8.61. The fourth-order valence-electron chi connectivity index (χ4n) is 4.49. The minimum atomic E-state index is -0.254. The van der Waals surface area contributed by atoms with Gasteiger partial charge >= 0.3 is 0 Å². The number of carbonyl (C=O) groups excluding carboxylic acids is 1. The molecule has 2 aliphatic rings. The summed E-state index contributed by atoms with van der Waals surface area (Å²) in [5, 5.41) is 12.7. The quantitative estimate of drug-likeness (QED) is 0.584. The number of benzene rings is 1. The van der Waals surface area contributed by atoms with Crippen LogP contribution in [0.3, 0.4) is 0 Å². The summed E-state index contributed by atoms with van der Waals surface area (Å²) < 4.78 is 2.33. The SMILES string of the molecule is Cc1cc(/C=C(\C#N)C(=O)NC2CCN(Cc3ccccc3)CC2)c(C)n1C1CC1. The van der Waals surface area contributed by atoms with E-state index in [1.54, 1.807) is 6.08 Å². The Morgan fingerprint density at radius 3 is 2.50 bits per heavy atom. The number of piperidine rings is 1. The first-order valence-electron chi connectivity index (χ1n) is 10.9. The molecule has 1 saturated carbocycles. The molecule has 1 aliphatic heterocycles. The van der Waals surface area contributed by atoms with E-state index in [0.717, 1.165) is 43.7 Å².